The Morgan fingerprint density at radius 2 is 1.58 bits per heavy atom. The average Bonchev–Trinajstić information content (AvgIpc) is 3.24. The van der Waals surface area contributed by atoms with E-state index in [1.807, 2.05) is 91.0 Å². The van der Waals surface area contributed by atoms with Crippen molar-refractivity contribution in [3.63, 3.8) is 0 Å². The summed E-state index contributed by atoms with van der Waals surface area (Å²) in [5, 5.41) is 5.40. The molecule has 57 heavy (non-hydrogen) atoms. The van der Waals surface area contributed by atoms with Crippen LogP contribution < -0.4 is 14.8 Å². The molecule has 5 aromatic rings. The quantitative estimate of drug-likeness (QED) is 0.0493. The lowest BCUT2D eigenvalue weighted by Gasteiger charge is -2.28. The number of hydrogen-bond donors (Lipinski definition) is 1. The summed E-state index contributed by atoms with van der Waals surface area (Å²) in [6, 6.07) is 36.7. The Morgan fingerprint density at radius 3 is 2.25 bits per heavy atom. The van der Waals surface area contributed by atoms with Crippen molar-refractivity contribution in [3.8, 4) is 11.5 Å². The molecule has 6 rings (SSSR count). The number of hydrogen-bond acceptors (Lipinski definition) is 6. The topological polar surface area (TPSA) is 97.3 Å². The number of fused-ring (bicyclic) bond motifs is 1. The second-order valence-corrected chi connectivity index (χ2v) is 13.9. The number of rotatable bonds is 15. The van der Waals surface area contributed by atoms with E-state index in [1.54, 1.807) is 50.5 Å². The van der Waals surface area contributed by atoms with Crippen LogP contribution >= 0.6 is 11.8 Å². The third kappa shape index (κ3) is 9.58. The fraction of sp³-hybridized carbons (Fsp3) is 0.125. The number of amidine groups is 1. The monoisotopic (exact) mass is 773 g/mol. The van der Waals surface area contributed by atoms with Crippen LogP contribution in [0.4, 0.5) is 0 Å². The third-order valence-electron chi connectivity index (χ3n) is 9.21. The molecule has 286 valence electrons. The summed E-state index contributed by atoms with van der Waals surface area (Å²) in [5.74, 6) is -0.740. The van der Waals surface area contributed by atoms with E-state index < -0.39 is 17.9 Å². The number of benzene rings is 5. The largest absolute Gasteiger partial charge is 0.493 e. The van der Waals surface area contributed by atoms with Gasteiger partial charge in [-0.2, -0.15) is 4.99 Å². The van der Waals surface area contributed by atoms with Gasteiger partial charge in [-0.3, -0.25) is 19.3 Å². The van der Waals surface area contributed by atoms with Gasteiger partial charge >= 0.3 is 0 Å². The molecule has 0 radical (unpaired) electrons. The van der Waals surface area contributed by atoms with Gasteiger partial charge in [-0.1, -0.05) is 146 Å². The van der Waals surface area contributed by atoms with Gasteiger partial charge in [-0.25, -0.2) is 0 Å². The van der Waals surface area contributed by atoms with Gasteiger partial charge in [0.25, 0.3) is 11.8 Å². The number of nitrogens with one attached hydrogen (secondary N) is 1. The molecule has 0 saturated heterocycles. The van der Waals surface area contributed by atoms with Crippen molar-refractivity contribution in [2.75, 3.05) is 12.9 Å². The minimum absolute atomic E-state index is 0.0807. The second kappa shape index (κ2) is 19.2. The molecule has 1 aliphatic rings. The first kappa shape index (κ1) is 40.0. The lowest BCUT2D eigenvalue weighted by atomic mass is 9.99. The number of nitrogens with zero attached hydrogens (tertiary/aromatic N) is 2. The Hall–Kier alpha value is -6.71. The van der Waals surface area contributed by atoms with Crippen molar-refractivity contribution < 1.29 is 23.9 Å². The van der Waals surface area contributed by atoms with Crippen LogP contribution in [0.2, 0.25) is 0 Å². The number of allylic oxidation sites excluding steroid dienone is 5. The molecule has 1 heterocycles. The van der Waals surface area contributed by atoms with E-state index in [1.165, 1.54) is 11.0 Å². The van der Waals surface area contributed by atoms with Gasteiger partial charge in [0.05, 0.1) is 18.9 Å². The molecule has 0 spiro atoms. The third-order valence-corrected chi connectivity index (χ3v) is 10.2. The molecule has 0 saturated carbocycles. The first-order valence-corrected chi connectivity index (χ1v) is 19.4. The zero-order valence-electron chi connectivity index (χ0n) is 31.9. The van der Waals surface area contributed by atoms with E-state index in [-0.39, 0.29) is 22.4 Å². The van der Waals surface area contributed by atoms with Crippen molar-refractivity contribution in [1.82, 2.24) is 10.2 Å². The molecular weight excluding hydrogens is 731 g/mol. The summed E-state index contributed by atoms with van der Waals surface area (Å²) in [6.45, 7) is 9.77. The highest BCUT2D eigenvalue weighted by atomic mass is 32.2. The van der Waals surface area contributed by atoms with Gasteiger partial charge < -0.3 is 14.8 Å². The maximum absolute atomic E-state index is 14.4. The zero-order chi connectivity index (χ0) is 40.1. The molecular formula is C48H43N3O5S. The van der Waals surface area contributed by atoms with Crippen LogP contribution in [0.1, 0.15) is 40.8 Å². The predicted molar refractivity (Wildman–Crippen MR) is 231 cm³/mol. The molecule has 0 bridgehead atoms. The Morgan fingerprint density at radius 1 is 0.895 bits per heavy atom. The molecule has 0 fully saturated rings. The van der Waals surface area contributed by atoms with E-state index in [2.05, 4.69) is 41.7 Å². The number of methoxy groups -OCH3 is 1. The summed E-state index contributed by atoms with van der Waals surface area (Å²) in [6.07, 6.45) is 10.4. The molecule has 8 nitrogen and oxygen atoms in total. The summed E-state index contributed by atoms with van der Waals surface area (Å²) in [5.41, 5.74) is 4.47. The van der Waals surface area contributed by atoms with Crippen LogP contribution in [0.25, 0.3) is 16.8 Å². The molecule has 0 atom stereocenters. The minimum Gasteiger partial charge on any atom is -0.493 e. The number of carbonyl (C=O) groups excluding carboxylic acids is 3. The normalized spacial score (nSPS) is 13.9. The molecule has 0 unspecified atom stereocenters. The number of carbonyl (C=O) groups is 3. The van der Waals surface area contributed by atoms with Crippen molar-refractivity contribution in [2.45, 2.75) is 26.0 Å². The van der Waals surface area contributed by atoms with Gasteiger partial charge in [0, 0.05) is 11.3 Å². The van der Waals surface area contributed by atoms with Crippen LogP contribution in [0.3, 0.4) is 0 Å². The van der Waals surface area contributed by atoms with E-state index in [0.29, 0.717) is 35.8 Å². The molecule has 1 N–H and O–H groups in total. The standard InChI is InChI=1S/C48H43N3O5S/c1-5-8-26-39(7-3)51-47(54)41(46(53)50-48(51)57-32-43(52)49-44(35-20-11-9-12-21-35)36-22-13-10-14-23-36)29-33-28-37(18-6-2)45(42(30-33)55-4)56-31-38-25-17-24-34-19-15-16-27-40(34)38/h5-17,19-30,44H,1-2,18,31-32H2,3-4H3,(H,49,52)/b26-8-,39-7+,41-29+. The lowest BCUT2D eigenvalue weighted by molar-refractivity contribution is -0.126. The molecule has 5 aromatic carbocycles. The Bertz CT molecular complexity index is 2370. The van der Waals surface area contributed by atoms with Crippen LogP contribution in [0.5, 0.6) is 11.5 Å². The smallest absolute Gasteiger partial charge is 0.285 e. The number of thioether (sulfide) groups is 1. The van der Waals surface area contributed by atoms with Gasteiger partial charge in [0.15, 0.2) is 16.7 Å². The van der Waals surface area contributed by atoms with Gasteiger partial charge in [0.1, 0.15) is 12.2 Å². The van der Waals surface area contributed by atoms with E-state index in [4.69, 9.17) is 9.47 Å². The Balaban J connectivity index is 1.29. The van der Waals surface area contributed by atoms with Crippen molar-refractivity contribution in [1.29, 1.82) is 0 Å². The maximum atomic E-state index is 14.4. The number of ether oxygens (including phenoxy) is 2. The molecule has 9 heteroatoms. The van der Waals surface area contributed by atoms with Gasteiger partial charge in [-0.15, -0.1) is 6.58 Å². The zero-order valence-corrected chi connectivity index (χ0v) is 32.7. The summed E-state index contributed by atoms with van der Waals surface area (Å²) in [7, 11) is 1.55. The Labute approximate surface area is 337 Å². The average molecular weight is 774 g/mol. The minimum atomic E-state index is -0.728. The highest BCUT2D eigenvalue weighted by Crippen LogP contribution is 2.36. The highest BCUT2D eigenvalue weighted by molar-refractivity contribution is 8.14. The summed E-state index contributed by atoms with van der Waals surface area (Å²) in [4.78, 5) is 47.4. The fourth-order valence-electron chi connectivity index (χ4n) is 6.52. The van der Waals surface area contributed by atoms with E-state index in [9.17, 15) is 14.4 Å². The maximum Gasteiger partial charge on any atom is 0.285 e. The summed E-state index contributed by atoms with van der Waals surface area (Å²) >= 11 is 1.01. The molecule has 3 amide bonds. The molecule has 1 aliphatic heterocycles. The lowest BCUT2D eigenvalue weighted by Crippen LogP contribution is -2.42. The number of aliphatic imine (C=N–C) groups is 1. The second-order valence-electron chi connectivity index (χ2n) is 12.9. The SMILES string of the molecule is C=C/C=C\C(=C/C)N1C(=O)/C(=C/c2cc(CC=C)c(OCc3cccc4ccccc34)c(OC)c2)C(=O)N=C1SCC(=O)NC(c1ccccc1)c1ccccc1. The van der Waals surface area contributed by atoms with Crippen LogP contribution in [0, 0.1) is 0 Å². The predicted octanol–water partition coefficient (Wildman–Crippen LogP) is 9.55. The van der Waals surface area contributed by atoms with E-state index >= 15 is 0 Å². The first-order valence-electron chi connectivity index (χ1n) is 18.4. The van der Waals surface area contributed by atoms with Crippen LogP contribution in [0.15, 0.2) is 175 Å². The van der Waals surface area contributed by atoms with Gasteiger partial charge in [0.2, 0.25) is 5.91 Å². The summed E-state index contributed by atoms with van der Waals surface area (Å²) < 4.78 is 12.2. The molecule has 0 aliphatic carbocycles. The van der Waals surface area contributed by atoms with Crippen molar-refractivity contribution in [3.05, 3.63) is 198 Å². The van der Waals surface area contributed by atoms with Crippen LogP contribution in [-0.2, 0) is 27.4 Å². The number of amides is 3. The highest BCUT2D eigenvalue weighted by Gasteiger charge is 2.35. The van der Waals surface area contributed by atoms with Crippen molar-refractivity contribution in [2.24, 2.45) is 4.99 Å². The van der Waals surface area contributed by atoms with Gasteiger partial charge in [-0.05, 0) is 70.7 Å². The van der Waals surface area contributed by atoms with Crippen molar-refractivity contribution >= 4 is 51.5 Å². The van der Waals surface area contributed by atoms with Crippen LogP contribution in [-0.4, -0.2) is 40.7 Å². The Kier molecular flexibility index (Phi) is 13.5. The fourth-order valence-corrected chi connectivity index (χ4v) is 7.33. The first-order chi connectivity index (χ1) is 27.8. The molecule has 0 aromatic heterocycles. The van der Waals surface area contributed by atoms with E-state index in [0.717, 1.165) is 44.8 Å².